The Morgan fingerprint density at radius 1 is 1.20 bits per heavy atom. The molecule has 1 rings (SSSR count). The maximum absolute atomic E-state index is 9.34. The highest BCUT2D eigenvalue weighted by molar-refractivity contribution is 4.78. The molecule has 0 aromatic heterocycles. The van der Waals surface area contributed by atoms with E-state index < -0.39 is 0 Å². The van der Waals surface area contributed by atoms with Crippen molar-refractivity contribution in [2.24, 2.45) is 11.8 Å². The summed E-state index contributed by atoms with van der Waals surface area (Å²) in [6, 6.07) is 0. The molecule has 0 aromatic rings. The van der Waals surface area contributed by atoms with Crippen LogP contribution in [0.25, 0.3) is 0 Å². The SMILES string of the molecule is C[C@H]1[C@H](C)[C@H](C)OC[C@H]1O. The van der Waals surface area contributed by atoms with Crippen molar-refractivity contribution in [3.63, 3.8) is 0 Å². The molecule has 60 valence electrons. The van der Waals surface area contributed by atoms with Gasteiger partial charge < -0.3 is 9.84 Å². The minimum atomic E-state index is -0.258. The van der Waals surface area contributed by atoms with Crippen LogP contribution in [0.5, 0.6) is 0 Å². The number of aliphatic hydroxyl groups excluding tert-OH is 1. The van der Waals surface area contributed by atoms with E-state index >= 15 is 0 Å². The van der Waals surface area contributed by atoms with Gasteiger partial charge in [0.25, 0.3) is 0 Å². The van der Waals surface area contributed by atoms with Crippen molar-refractivity contribution >= 4 is 0 Å². The Hall–Kier alpha value is -0.0800. The number of rotatable bonds is 0. The third-order valence-corrected chi connectivity index (χ3v) is 2.71. The van der Waals surface area contributed by atoms with Crippen LogP contribution in [0.1, 0.15) is 20.8 Å². The highest BCUT2D eigenvalue weighted by Crippen LogP contribution is 2.25. The highest BCUT2D eigenvalue weighted by Gasteiger charge is 2.30. The average molecular weight is 144 g/mol. The van der Waals surface area contributed by atoms with Gasteiger partial charge in [-0.2, -0.15) is 0 Å². The largest absolute Gasteiger partial charge is 0.390 e. The summed E-state index contributed by atoms with van der Waals surface area (Å²) in [7, 11) is 0. The minimum absolute atomic E-state index is 0.258. The van der Waals surface area contributed by atoms with Crippen molar-refractivity contribution in [2.45, 2.75) is 33.0 Å². The topological polar surface area (TPSA) is 29.5 Å². The second kappa shape index (κ2) is 2.89. The Morgan fingerprint density at radius 3 is 2.30 bits per heavy atom. The zero-order valence-electron chi connectivity index (χ0n) is 6.87. The lowest BCUT2D eigenvalue weighted by molar-refractivity contribution is -0.109. The number of aliphatic hydroxyl groups is 1. The van der Waals surface area contributed by atoms with Crippen LogP contribution in [0, 0.1) is 11.8 Å². The molecule has 0 amide bonds. The lowest BCUT2D eigenvalue weighted by atomic mass is 9.85. The molecule has 1 heterocycles. The Labute approximate surface area is 62.2 Å². The van der Waals surface area contributed by atoms with Crippen molar-refractivity contribution in [2.75, 3.05) is 6.61 Å². The van der Waals surface area contributed by atoms with E-state index in [0.717, 1.165) is 0 Å². The fraction of sp³-hybridized carbons (Fsp3) is 1.00. The van der Waals surface area contributed by atoms with Crippen LogP contribution in [-0.4, -0.2) is 23.9 Å². The molecule has 10 heavy (non-hydrogen) atoms. The second-order valence-electron chi connectivity index (χ2n) is 3.32. The summed E-state index contributed by atoms with van der Waals surface area (Å²) < 4.78 is 5.32. The molecule has 4 atom stereocenters. The van der Waals surface area contributed by atoms with Gasteiger partial charge in [-0.15, -0.1) is 0 Å². The fourth-order valence-electron chi connectivity index (χ4n) is 1.33. The van der Waals surface area contributed by atoms with E-state index in [0.29, 0.717) is 24.5 Å². The lowest BCUT2D eigenvalue weighted by Gasteiger charge is -2.35. The molecule has 1 fully saturated rings. The third-order valence-electron chi connectivity index (χ3n) is 2.71. The van der Waals surface area contributed by atoms with Crippen LogP contribution in [0.4, 0.5) is 0 Å². The van der Waals surface area contributed by atoms with E-state index in [4.69, 9.17) is 4.74 Å². The molecular formula is C8H16O2. The highest BCUT2D eigenvalue weighted by atomic mass is 16.5. The van der Waals surface area contributed by atoms with Crippen LogP contribution in [0.3, 0.4) is 0 Å². The maximum atomic E-state index is 9.34. The first-order valence-electron chi connectivity index (χ1n) is 3.92. The predicted octanol–water partition coefficient (Wildman–Crippen LogP) is 1.04. The summed E-state index contributed by atoms with van der Waals surface area (Å²) in [6.07, 6.45) is 0.0459. The Balaban J connectivity index is 2.52. The Kier molecular flexibility index (Phi) is 2.32. The normalized spacial score (nSPS) is 49.2. The van der Waals surface area contributed by atoms with Gasteiger partial charge in [-0.1, -0.05) is 13.8 Å². The first kappa shape index (κ1) is 8.02. The molecule has 1 saturated heterocycles. The summed E-state index contributed by atoms with van der Waals surface area (Å²) in [4.78, 5) is 0. The van der Waals surface area contributed by atoms with Crippen LogP contribution in [0.15, 0.2) is 0 Å². The van der Waals surface area contributed by atoms with Gasteiger partial charge in [0.15, 0.2) is 0 Å². The quantitative estimate of drug-likeness (QED) is 0.550. The first-order chi connectivity index (χ1) is 4.63. The van der Waals surface area contributed by atoms with Crippen LogP contribution >= 0.6 is 0 Å². The van der Waals surface area contributed by atoms with E-state index in [1.54, 1.807) is 0 Å². The summed E-state index contributed by atoms with van der Waals surface area (Å²) in [5, 5.41) is 9.34. The molecule has 1 aliphatic heterocycles. The molecule has 0 aliphatic carbocycles. The summed E-state index contributed by atoms with van der Waals surface area (Å²) >= 11 is 0. The smallest absolute Gasteiger partial charge is 0.0802 e. The zero-order chi connectivity index (χ0) is 7.72. The van der Waals surface area contributed by atoms with Gasteiger partial charge in [0, 0.05) is 0 Å². The predicted molar refractivity (Wildman–Crippen MR) is 39.7 cm³/mol. The van der Waals surface area contributed by atoms with Crippen molar-refractivity contribution < 1.29 is 9.84 Å². The molecule has 0 unspecified atom stereocenters. The van der Waals surface area contributed by atoms with Gasteiger partial charge in [-0.3, -0.25) is 0 Å². The van der Waals surface area contributed by atoms with Gasteiger partial charge in [0.05, 0.1) is 18.8 Å². The molecule has 2 nitrogen and oxygen atoms in total. The van der Waals surface area contributed by atoms with E-state index in [9.17, 15) is 5.11 Å². The molecular weight excluding hydrogens is 128 g/mol. The van der Waals surface area contributed by atoms with Crippen LogP contribution < -0.4 is 0 Å². The monoisotopic (exact) mass is 144 g/mol. The van der Waals surface area contributed by atoms with Gasteiger partial charge in [-0.25, -0.2) is 0 Å². The lowest BCUT2D eigenvalue weighted by Crippen LogP contribution is -2.41. The molecule has 1 aliphatic rings. The minimum Gasteiger partial charge on any atom is -0.390 e. The number of ether oxygens (including phenoxy) is 1. The van der Waals surface area contributed by atoms with Gasteiger partial charge >= 0.3 is 0 Å². The van der Waals surface area contributed by atoms with E-state index in [1.807, 2.05) is 0 Å². The van der Waals surface area contributed by atoms with E-state index in [-0.39, 0.29) is 6.10 Å². The van der Waals surface area contributed by atoms with Crippen LogP contribution in [-0.2, 0) is 4.74 Å². The average Bonchev–Trinajstić information content (AvgIpc) is 1.93. The molecule has 0 radical (unpaired) electrons. The molecule has 0 spiro atoms. The molecule has 0 aromatic carbocycles. The molecule has 1 N–H and O–H groups in total. The van der Waals surface area contributed by atoms with Crippen molar-refractivity contribution in [1.82, 2.24) is 0 Å². The summed E-state index contributed by atoms with van der Waals surface area (Å²) in [5.41, 5.74) is 0. The molecule has 0 bridgehead atoms. The van der Waals surface area contributed by atoms with Crippen LogP contribution in [0.2, 0.25) is 0 Å². The summed E-state index contributed by atoms with van der Waals surface area (Å²) in [6.45, 7) is 6.77. The van der Waals surface area contributed by atoms with E-state index in [1.165, 1.54) is 0 Å². The number of hydrogen-bond donors (Lipinski definition) is 1. The number of hydrogen-bond acceptors (Lipinski definition) is 2. The molecule has 0 saturated carbocycles. The van der Waals surface area contributed by atoms with Crippen molar-refractivity contribution in [3.8, 4) is 0 Å². The fourth-order valence-corrected chi connectivity index (χ4v) is 1.33. The van der Waals surface area contributed by atoms with Gasteiger partial charge in [-0.05, 0) is 18.8 Å². The van der Waals surface area contributed by atoms with Crippen molar-refractivity contribution in [3.05, 3.63) is 0 Å². The Morgan fingerprint density at radius 2 is 1.80 bits per heavy atom. The second-order valence-corrected chi connectivity index (χ2v) is 3.32. The first-order valence-corrected chi connectivity index (χ1v) is 3.92. The Bertz CT molecular complexity index is 99.8. The molecule has 2 heteroatoms. The van der Waals surface area contributed by atoms with Gasteiger partial charge in [0.1, 0.15) is 0 Å². The van der Waals surface area contributed by atoms with E-state index in [2.05, 4.69) is 20.8 Å². The maximum Gasteiger partial charge on any atom is 0.0802 e. The van der Waals surface area contributed by atoms with Gasteiger partial charge in [0.2, 0.25) is 0 Å². The zero-order valence-corrected chi connectivity index (χ0v) is 6.87. The third kappa shape index (κ3) is 1.32. The van der Waals surface area contributed by atoms with Crippen molar-refractivity contribution in [1.29, 1.82) is 0 Å². The summed E-state index contributed by atoms with van der Waals surface area (Å²) in [5.74, 6) is 0.854. The standard InChI is InChI=1S/C8H16O2/c1-5-6(2)8(9)4-10-7(5)3/h5-9H,4H2,1-3H3/t5-,6-,7-,8+/m0/s1.